The lowest BCUT2D eigenvalue weighted by atomic mass is 10.0. The molecule has 3 heterocycles. The molecule has 3 aromatic rings. The summed E-state index contributed by atoms with van der Waals surface area (Å²) in [7, 11) is 0. The van der Waals surface area contributed by atoms with E-state index in [4.69, 9.17) is 26.0 Å². The summed E-state index contributed by atoms with van der Waals surface area (Å²) < 4.78 is 10.1. The fourth-order valence-corrected chi connectivity index (χ4v) is 3.75. The first-order valence-electron chi connectivity index (χ1n) is 10.1. The minimum Gasteiger partial charge on any atom is -0.450 e. The van der Waals surface area contributed by atoms with Gasteiger partial charge in [-0.05, 0) is 42.2 Å². The van der Waals surface area contributed by atoms with Crippen LogP contribution in [0.15, 0.2) is 41.1 Å². The second-order valence-corrected chi connectivity index (χ2v) is 8.47. The number of nitrogens with zero attached hydrogens (tertiary/aromatic N) is 4. The fourth-order valence-electron chi connectivity index (χ4n) is 3.49. The number of ether oxygens (including phenoxy) is 1. The first kappa shape index (κ1) is 21.3. The third-order valence-electron chi connectivity index (χ3n) is 5.01. The highest BCUT2D eigenvalue weighted by Gasteiger charge is 2.30. The van der Waals surface area contributed by atoms with Gasteiger partial charge >= 0.3 is 6.16 Å². The number of benzene rings is 1. The van der Waals surface area contributed by atoms with Gasteiger partial charge in [0.1, 0.15) is 6.10 Å². The normalized spacial score (nSPS) is 14.6. The van der Waals surface area contributed by atoms with E-state index in [0.717, 1.165) is 28.8 Å². The van der Waals surface area contributed by atoms with Crippen molar-refractivity contribution in [1.82, 2.24) is 20.0 Å². The van der Waals surface area contributed by atoms with Crippen LogP contribution in [0.1, 0.15) is 25.1 Å². The minimum atomic E-state index is -1.24. The Bertz CT molecular complexity index is 1060. The Kier molecular flexibility index (Phi) is 6.20. The maximum atomic E-state index is 10.5. The molecule has 9 heteroatoms. The van der Waals surface area contributed by atoms with Crippen molar-refractivity contribution in [3.05, 3.63) is 52.8 Å². The SMILES string of the molecule is CC(C)Cc1ccc(-c2nc(-c3ccc(CN4CC(OC(=O)O)C4)nc3)no2)cc1Cl. The molecule has 0 spiro atoms. The topological polar surface area (TPSA) is 102 Å². The molecule has 0 bridgehead atoms. The van der Waals surface area contributed by atoms with Gasteiger partial charge in [0.2, 0.25) is 5.82 Å². The van der Waals surface area contributed by atoms with Gasteiger partial charge in [-0.3, -0.25) is 9.88 Å². The van der Waals surface area contributed by atoms with Crippen molar-refractivity contribution in [3.63, 3.8) is 0 Å². The number of halogens is 1. The highest BCUT2D eigenvalue weighted by molar-refractivity contribution is 6.31. The molecule has 8 nitrogen and oxygen atoms in total. The van der Waals surface area contributed by atoms with Gasteiger partial charge in [-0.25, -0.2) is 4.79 Å². The molecule has 0 radical (unpaired) electrons. The molecule has 4 rings (SSSR count). The highest BCUT2D eigenvalue weighted by Crippen LogP contribution is 2.28. The van der Waals surface area contributed by atoms with Gasteiger partial charge < -0.3 is 14.4 Å². The van der Waals surface area contributed by atoms with Crippen LogP contribution in [0.5, 0.6) is 0 Å². The van der Waals surface area contributed by atoms with Crippen LogP contribution in [0.4, 0.5) is 4.79 Å². The van der Waals surface area contributed by atoms with Gasteiger partial charge in [0.25, 0.3) is 5.89 Å². The van der Waals surface area contributed by atoms with Crippen molar-refractivity contribution in [2.24, 2.45) is 5.92 Å². The largest absolute Gasteiger partial charge is 0.506 e. The molecule has 1 fully saturated rings. The summed E-state index contributed by atoms with van der Waals surface area (Å²) in [5.74, 6) is 1.38. The minimum absolute atomic E-state index is 0.262. The van der Waals surface area contributed by atoms with E-state index in [-0.39, 0.29) is 6.10 Å². The molecule has 0 amide bonds. The summed E-state index contributed by atoms with van der Waals surface area (Å²) in [6, 6.07) is 9.58. The molecular weight excluding hydrogens is 420 g/mol. The van der Waals surface area contributed by atoms with Gasteiger partial charge in [0.05, 0.1) is 5.69 Å². The van der Waals surface area contributed by atoms with E-state index < -0.39 is 6.16 Å². The van der Waals surface area contributed by atoms with E-state index in [9.17, 15) is 4.79 Å². The van der Waals surface area contributed by atoms with Crippen LogP contribution in [0, 0.1) is 5.92 Å². The van der Waals surface area contributed by atoms with E-state index in [0.29, 0.717) is 42.3 Å². The molecule has 162 valence electrons. The number of pyridine rings is 1. The lowest BCUT2D eigenvalue weighted by molar-refractivity contribution is -0.0367. The van der Waals surface area contributed by atoms with E-state index >= 15 is 0 Å². The quantitative estimate of drug-likeness (QED) is 0.532. The Balaban J connectivity index is 1.39. The van der Waals surface area contributed by atoms with Gasteiger partial charge in [0, 0.05) is 42.0 Å². The lowest BCUT2D eigenvalue weighted by Crippen LogP contribution is -2.52. The fraction of sp³-hybridized carbons (Fsp3) is 0.364. The summed E-state index contributed by atoms with van der Waals surface area (Å²) >= 11 is 6.42. The smallest absolute Gasteiger partial charge is 0.450 e. The van der Waals surface area contributed by atoms with Crippen molar-refractivity contribution in [1.29, 1.82) is 0 Å². The van der Waals surface area contributed by atoms with E-state index in [2.05, 4.69) is 33.9 Å². The second-order valence-electron chi connectivity index (χ2n) is 8.07. The Morgan fingerprint density at radius 3 is 2.71 bits per heavy atom. The van der Waals surface area contributed by atoms with Crippen molar-refractivity contribution >= 4 is 17.8 Å². The van der Waals surface area contributed by atoms with Crippen LogP contribution >= 0.6 is 11.6 Å². The van der Waals surface area contributed by atoms with E-state index in [1.54, 1.807) is 6.20 Å². The summed E-state index contributed by atoms with van der Waals surface area (Å²) in [6.45, 7) is 6.08. The summed E-state index contributed by atoms with van der Waals surface area (Å²) in [5, 5.41) is 13.4. The predicted octanol–water partition coefficient (Wildman–Crippen LogP) is 4.53. The number of carbonyl (C=O) groups is 1. The molecule has 0 aliphatic carbocycles. The zero-order chi connectivity index (χ0) is 22.0. The van der Waals surface area contributed by atoms with Crippen LogP contribution in [-0.4, -0.2) is 50.5 Å². The molecule has 1 aromatic carbocycles. The Hall–Kier alpha value is -2.97. The first-order valence-corrected chi connectivity index (χ1v) is 10.4. The first-order chi connectivity index (χ1) is 14.9. The van der Waals surface area contributed by atoms with Crippen LogP contribution in [-0.2, 0) is 17.7 Å². The number of carboxylic acid groups (broad SMARTS) is 1. The standard InChI is InChI=1S/C22H23ClN4O4/c1-13(2)7-14-3-4-15(8-19(14)23)21-25-20(26-31-21)16-5-6-17(24-9-16)10-27-11-18(12-27)30-22(28)29/h3-6,8-9,13,18H,7,10-12H2,1-2H3,(H,28,29). The summed E-state index contributed by atoms with van der Waals surface area (Å²) in [4.78, 5) is 21.5. The second kappa shape index (κ2) is 9.03. The molecule has 2 aromatic heterocycles. The van der Waals surface area contributed by atoms with Crippen LogP contribution < -0.4 is 0 Å². The third-order valence-corrected chi connectivity index (χ3v) is 5.37. The molecule has 1 aliphatic rings. The summed E-state index contributed by atoms with van der Waals surface area (Å²) in [6.07, 6.45) is 1.12. The Morgan fingerprint density at radius 1 is 1.29 bits per heavy atom. The molecular formula is C22H23ClN4O4. The average molecular weight is 443 g/mol. The third kappa shape index (κ3) is 5.21. The van der Waals surface area contributed by atoms with Gasteiger partial charge in [-0.1, -0.05) is 36.7 Å². The van der Waals surface area contributed by atoms with Gasteiger partial charge in [0.15, 0.2) is 0 Å². The highest BCUT2D eigenvalue weighted by atomic mass is 35.5. The van der Waals surface area contributed by atoms with Crippen LogP contribution in [0.25, 0.3) is 22.8 Å². The molecule has 1 saturated heterocycles. The molecule has 31 heavy (non-hydrogen) atoms. The number of hydrogen-bond acceptors (Lipinski definition) is 7. The average Bonchev–Trinajstić information content (AvgIpc) is 3.18. The Morgan fingerprint density at radius 2 is 2.06 bits per heavy atom. The zero-order valence-electron chi connectivity index (χ0n) is 17.3. The maximum Gasteiger partial charge on any atom is 0.506 e. The van der Waals surface area contributed by atoms with Crippen LogP contribution in [0.2, 0.25) is 5.02 Å². The van der Waals surface area contributed by atoms with E-state index in [1.807, 2.05) is 30.3 Å². The van der Waals surface area contributed by atoms with Crippen molar-refractivity contribution in [2.75, 3.05) is 13.1 Å². The van der Waals surface area contributed by atoms with Crippen molar-refractivity contribution in [2.45, 2.75) is 32.9 Å². The van der Waals surface area contributed by atoms with Gasteiger partial charge in [-0.15, -0.1) is 0 Å². The monoisotopic (exact) mass is 442 g/mol. The maximum absolute atomic E-state index is 10.5. The molecule has 0 atom stereocenters. The molecule has 0 unspecified atom stereocenters. The number of aromatic nitrogens is 3. The summed E-state index contributed by atoms with van der Waals surface area (Å²) in [5.41, 5.74) is 3.49. The Labute approximate surface area is 184 Å². The van der Waals surface area contributed by atoms with Crippen molar-refractivity contribution in [3.8, 4) is 22.8 Å². The number of hydrogen-bond donors (Lipinski definition) is 1. The van der Waals surface area contributed by atoms with Crippen molar-refractivity contribution < 1.29 is 19.2 Å². The van der Waals surface area contributed by atoms with Crippen LogP contribution in [0.3, 0.4) is 0 Å². The van der Waals surface area contributed by atoms with E-state index in [1.165, 1.54) is 0 Å². The predicted molar refractivity (Wildman–Crippen MR) is 115 cm³/mol. The number of rotatable bonds is 7. The van der Waals surface area contributed by atoms with Gasteiger partial charge in [-0.2, -0.15) is 4.98 Å². The molecule has 0 saturated carbocycles. The zero-order valence-corrected chi connectivity index (χ0v) is 18.0. The molecule has 1 N–H and O–H groups in total. The lowest BCUT2D eigenvalue weighted by Gasteiger charge is -2.37. The molecule has 1 aliphatic heterocycles. The number of likely N-dealkylation sites (tertiary alicyclic amines) is 1.